The van der Waals surface area contributed by atoms with E-state index in [0.29, 0.717) is 25.9 Å². The molecular weight excluding hydrogens is 348 g/mol. The third kappa shape index (κ3) is 4.76. The zero-order chi connectivity index (χ0) is 19.9. The molecule has 0 aromatic rings. The Balaban J connectivity index is 2.21. The number of aliphatic hydroxyl groups is 1. The number of nitrogens with two attached hydrogens (primary N) is 1. The molecular formula is C19H32N4O4. The van der Waals surface area contributed by atoms with Crippen LogP contribution in [0.15, 0.2) is 23.8 Å². The monoisotopic (exact) mass is 380 g/mol. The molecule has 152 valence electrons. The molecule has 3 unspecified atom stereocenters. The number of hydrogen-bond acceptors (Lipinski definition) is 6. The highest BCUT2D eigenvalue weighted by atomic mass is 16.5. The van der Waals surface area contributed by atoms with E-state index < -0.39 is 17.6 Å². The molecule has 0 saturated carbocycles. The molecule has 2 amide bonds. The molecule has 1 aliphatic heterocycles. The Morgan fingerprint density at radius 3 is 2.70 bits per heavy atom. The highest BCUT2D eigenvalue weighted by Gasteiger charge is 2.50. The molecule has 2 rings (SSSR count). The van der Waals surface area contributed by atoms with Crippen LogP contribution >= 0.6 is 0 Å². The normalized spacial score (nSPS) is 27.1. The first-order valence-corrected chi connectivity index (χ1v) is 9.65. The van der Waals surface area contributed by atoms with Crippen molar-refractivity contribution < 1.29 is 19.4 Å². The molecule has 2 aliphatic rings. The van der Waals surface area contributed by atoms with Crippen molar-refractivity contribution in [3.05, 3.63) is 23.8 Å². The number of ether oxygens (including phenoxy) is 1. The maximum atomic E-state index is 12.6. The number of aliphatic hydroxyl groups excluding tert-OH is 1. The summed E-state index contributed by atoms with van der Waals surface area (Å²) in [4.78, 5) is 26.9. The Morgan fingerprint density at radius 1 is 1.44 bits per heavy atom. The fourth-order valence-corrected chi connectivity index (χ4v) is 3.69. The van der Waals surface area contributed by atoms with E-state index in [9.17, 15) is 14.7 Å². The van der Waals surface area contributed by atoms with Crippen molar-refractivity contribution in [3.8, 4) is 0 Å². The Morgan fingerprint density at radius 2 is 2.15 bits per heavy atom. The Kier molecular flexibility index (Phi) is 7.97. The molecule has 0 aromatic heterocycles. The SMILES string of the molecule is CCC1=CC=CC(C(N)=O)(N2CCNCC2)C1OCC(=O)NC(CC)CO. The average Bonchev–Trinajstić information content (AvgIpc) is 2.70. The number of rotatable bonds is 9. The summed E-state index contributed by atoms with van der Waals surface area (Å²) in [5.41, 5.74) is 5.70. The fraction of sp³-hybridized carbons (Fsp3) is 0.684. The van der Waals surface area contributed by atoms with Gasteiger partial charge in [-0.2, -0.15) is 0 Å². The minimum absolute atomic E-state index is 0.124. The molecule has 27 heavy (non-hydrogen) atoms. The topological polar surface area (TPSA) is 117 Å². The molecule has 3 atom stereocenters. The molecule has 1 aliphatic carbocycles. The van der Waals surface area contributed by atoms with Gasteiger partial charge in [0.15, 0.2) is 0 Å². The molecule has 0 spiro atoms. The summed E-state index contributed by atoms with van der Waals surface area (Å²) in [5, 5.41) is 15.3. The van der Waals surface area contributed by atoms with E-state index in [1.807, 2.05) is 30.9 Å². The second-order valence-corrected chi connectivity index (χ2v) is 6.93. The molecule has 5 N–H and O–H groups in total. The van der Waals surface area contributed by atoms with Gasteiger partial charge >= 0.3 is 0 Å². The van der Waals surface area contributed by atoms with Gasteiger partial charge < -0.3 is 26.2 Å². The highest BCUT2D eigenvalue weighted by molar-refractivity contribution is 5.89. The number of amides is 2. The predicted octanol–water partition coefficient (Wildman–Crippen LogP) is -0.706. The molecule has 0 bridgehead atoms. The summed E-state index contributed by atoms with van der Waals surface area (Å²) in [5.74, 6) is -0.800. The predicted molar refractivity (Wildman–Crippen MR) is 103 cm³/mol. The number of carbonyl (C=O) groups is 2. The van der Waals surface area contributed by atoms with Crippen molar-refractivity contribution in [2.24, 2.45) is 5.73 Å². The fourth-order valence-electron chi connectivity index (χ4n) is 3.69. The summed E-state index contributed by atoms with van der Waals surface area (Å²) in [6.45, 7) is 6.40. The number of primary amides is 1. The molecule has 8 nitrogen and oxygen atoms in total. The Hall–Kier alpha value is -1.74. The van der Waals surface area contributed by atoms with Gasteiger partial charge in [-0.3, -0.25) is 14.5 Å². The minimum atomic E-state index is -1.11. The number of allylic oxidation sites excluding steroid dienone is 2. The van der Waals surface area contributed by atoms with E-state index in [0.717, 1.165) is 18.7 Å². The first-order chi connectivity index (χ1) is 13.0. The van der Waals surface area contributed by atoms with Crippen LogP contribution in [0.25, 0.3) is 0 Å². The van der Waals surface area contributed by atoms with E-state index in [4.69, 9.17) is 10.5 Å². The van der Waals surface area contributed by atoms with Crippen molar-refractivity contribution in [3.63, 3.8) is 0 Å². The van der Waals surface area contributed by atoms with Crippen LogP contribution < -0.4 is 16.4 Å². The molecule has 8 heteroatoms. The zero-order valence-corrected chi connectivity index (χ0v) is 16.2. The van der Waals surface area contributed by atoms with Crippen LogP contribution in [0.3, 0.4) is 0 Å². The number of nitrogens with zero attached hydrogens (tertiary/aromatic N) is 1. The van der Waals surface area contributed by atoms with Crippen LogP contribution in [0.2, 0.25) is 0 Å². The number of nitrogens with one attached hydrogen (secondary N) is 2. The van der Waals surface area contributed by atoms with Gasteiger partial charge in [-0.15, -0.1) is 0 Å². The van der Waals surface area contributed by atoms with Crippen LogP contribution in [-0.2, 0) is 14.3 Å². The van der Waals surface area contributed by atoms with Crippen LogP contribution in [0.5, 0.6) is 0 Å². The summed E-state index contributed by atoms with van der Waals surface area (Å²) in [6.07, 6.45) is 6.26. The quantitative estimate of drug-likeness (QED) is 0.420. The van der Waals surface area contributed by atoms with Gasteiger partial charge in [0, 0.05) is 26.2 Å². The minimum Gasteiger partial charge on any atom is -0.394 e. The van der Waals surface area contributed by atoms with Crippen molar-refractivity contribution in [1.82, 2.24) is 15.5 Å². The first kappa shape index (κ1) is 21.6. The number of piperazine rings is 1. The highest BCUT2D eigenvalue weighted by Crippen LogP contribution is 2.34. The van der Waals surface area contributed by atoms with Crippen molar-refractivity contribution in [2.45, 2.75) is 44.4 Å². The van der Waals surface area contributed by atoms with Crippen molar-refractivity contribution in [2.75, 3.05) is 39.4 Å². The lowest BCUT2D eigenvalue weighted by molar-refractivity contribution is -0.142. The van der Waals surface area contributed by atoms with Gasteiger partial charge in [0.05, 0.1) is 12.6 Å². The van der Waals surface area contributed by atoms with Gasteiger partial charge in [-0.25, -0.2) is 0 Å². The largest absolute Gasteiger partial charge is 0.394 e. The van der Waals surface area contributed by atoms with Gasteiger partial charge in [-0.05, 0) is 18.4 Å². The van der Waals surface area contributed by atoms with Crippen LogP contribution in [-0.4, -0.2) is 78.9 Å². The van der Waals surface area contributed by atoms with Crippen LogP contribution in [0, 0.1) is 0 Å². The third-order valence-electron chi connectivity index (χ3n) is 5.30. The molecule has 0 aromatic carbocycles. The maximum Gasteiger partial charge on any atom is 0.246 e. The van der Waals surface area contributed by atoms with Gasteiger partial charge in [0.2, 0.25) is 11.8 Å². The smallest absolute Gasteiger partial charge is 0.246 e. The second kappa shape index (κ2) is 9.98. The van der Waals surface area contributed by atoms with Gasteiger partial charge in [0.25, 0.3) is 0 Å². The standard InChI is InChI=1S/C19H32N4O4/c1-3-14-6-5-7-19(18(20)26,23-10-8-21-9-11-23)17(14)27-13-16(25)22-15(4-2)12-24/h5-7,15,17,21,24H,3-4,8-13H2,1-2H3,(H2,20,26)(H,22,25). The molecule has 0 radical (unpaired) electrons. The lowest BCUT2D eigenvalue weighted by Crippen LogP contribution is -2.68. The molecule has 1 saturated heterocycles. The average molecular weight is 380 g/mol. The zero-order valence-electron chi connectivity index (χ0n) is 16.2. The second-order valence-electron chi connectivity index (χ2n) is 6.93. The number of hydrogen-bond donors (Lipinski definition) is 4. The van der Waals surface area contributed by atoms with Crippen molar-refractivity contribution >= 4 is 11.8 Å². The third-order valence-corrected chi connectivity index (χ3v) is 5.30. The van der Waals surface area contributed by atoms with Crippen molar-refractivity contribution in [1.29, 1.82) is 0 Å². The summed E-state index contributed by atoms with van der Waals surface area (Å²) >= 11 is 0. The molecule has 1 heterocycles. The summed E-state index contributed by atoms with van der Waals surface area (Å²) in [6, 6.07) is -0.303. The number of carbonyl (C=O) groups excluding carboxylic acids is 2. The van der Waals surface area contributed by atoms with Crippen LogP contribution in [0.4, 0.5) is 0 Å². The first-order valence-electron chi connectivity index (χ1n) is 9.65. The van der Waals surface area contributed by atoms with E-state index in [-0.39, 0.29) is 25.2 Å². The lowest BCUT2D eigenvalue weighted by Gasteiger charge is -2.47. The Bertz CT molecular complexity index is 582. The van der Waals surface area contributed by atoms with E-state index in [2.05, 4.69) is 10.6 Å². The molecule has 1 fully saturated rings. The van der Waals surface area contributed by atoms with E-state index in [1.165, 1.54) is 0 Å². The van der Waals surface area contributed by atoms with E-state index >= 15 is 0 Å². The van der Waals surface area contributed by atoms with Gasteiger partial charge in [-0.1, -0.05) is 32.1 Å². The summed E-state index contributed by atoms with van der Waals surface area (Å²) in [7, 11) is 0. The van der Waals surface area contributed by atoms with E-state index in [1.54, 1.807) is 6.08 Å². The van der Waals surface area contributed by atoms with Gasteiger partial charge in [0.1, 0.15) is 18.2 Å². The summed E-state index contributed by atoms with van der Waals surface area (Å²) < 4.78 is 5.99. The Labute approximate surface area is 160 Å². The van der Waals surface area contributed by atoms with Crippen LogP contribution in [0.1, 0.15) is 26.7 Å². The lowest BCUT2D eigenvalue weighted by atomic mass is 9.79. The maximum absolute atomic E-state index is 12.6.